The van der Waals surface area contributed by atoms with Gasteiger partial charge < -0.3 is 9.26 Å². The maximum absolute atomic E-state index is 12.6. The van der Waals surface area contributed by atoms with Crippen LogP contribution in [0.4, 0.5) is 13.2 Å². The van der Waals surface area contributed by atoms with E-state index in [0.717, 1.165) is 12.1 Å². The molecule has 2 rings (SSSR count). The molecule has 2 aromatic rings. The van der Waals surface area contributed by atoms with E-state index in [1.807, 2.05) is 0 Å². The van der Waals surface area contributed by atoms with Crippen molar-refractivity contribution < 1.29 is 27.2 Å². The average molecular weight is 285 g/mol. The lowest BCUT2D eigenvalue weighted by Crippen LogP contribution is -2.04. The maximum atomic E-state index is 12.6. The van der Waals surface area contributed by atoms with Gasteiger partial charge in [0.15, 0.2) is 11.5 Å². The summed E-state index contributed by atoms with van der Waals surface area (Å²) in [7, 11) is 0. The van der Waals surface area contributed by atoms with E-state index >= 15 is 0 Å². The summed E-state index contributed by atoms with van der Waals surface area (Å²) >= 11 is 0. The quantitative estimate of drug-likeness (QED) is 0.809. The van der Waals surface area contributed by atoms with E-state index in [9.17, 15) is 18.0 Å². The molecule has 0 N–H and O–H groups in total. The van der Waals surface area contributed by atoms with Crippen LogP contribution in [0.1, 0.15) is 23.0 Å². The summed E-state index contributed by atoms with van der Waals surface area (Å²) in [6, 6.07) is 5.81. The summed E-state index contributed by atoms with van der Waals surface area (Å²) in [6.07, 6.45) is -4.44. The average Bonchev–Trinajstić information content (AvgIpc) is 2.88. The molecule has 7 heteroatoms. The SMILES string of the molecule is CCOC(=O)c1cc(-c2cccc(C(F)(F)F)c2)on1. The smallest absolute Gasteiger partial charge is 0.416 e. The van der Waals surface area contributed by atoms with Gasteiger partial charge in [0.05, 0.1) is 12.2 Å². The Morgan fingerprint density at radius 3 is 2.75 bits per heavy atom. The third-order valence-corrected chi connectivity index (χ3v) is 2.47. The third-order valence-electron chi connectivity index (χ3n) is 2.47. The summed E-state index contributed by atoms with van der Waals surface area (Å²) in [5.74, 6) is -0.617. The van der Waals surface area contributed by atoms with Crippen LogP contribution in [0.5, 0.6) is 0 Å². The number of halogens is 3. The first-order chi connectivity index (χ1) is 9.41. The van der Waals surface area contributed by atoms with Gasteiger partial charge in [-0.2, -0.15) is 13.2 Å². The van der Waals surface area contributed by atoms with Gasteiger partial charge in [0.2, 0.25) is 0 Å². The zero-order valence-corrected chi connectivity index (χ0v) is 10.4. The molecule has 1 heterocycles. The molecule has 1 aromatic heterocycles. The minimum atomic E-state index is -4.44. The molecule has 4 nitrogen and oxygen atoms in total. The van der Waals surface area contributed by atoms with Gasteiger partial charge in [0.1, 0.15) is 0 Å². The van der Waals surface area contributed by atoms with Crippen LogP contribution in [0.15, 0.2) is 34.9 Å². The Labute approximate surface area is 112 Å². The zero-order chi connectivity index (χ0) is 14.8. The number of hydrogen-bond acceptors (Lipinski definition) is 4. The molecule has 0 fully saturated rings. The van der Waals surface area contributed by atoms with Crippen molar-refractivity contribution in [1.82, 2.24) is 5.16 Å². The van der Waals surface area contributed by atoms with E-state index in [2.05, 4.69) is 5.16 Å². The molecule has 0 atom stereocenters. The summed E-state index contributed by atoms with van der Waals surface area (Å²) < 4.78 is 47.4. The number of carbonyl (C=O) groups is 1. The molecule has 106 valence electrons. The summed E-state index contributed by atoms with van der Waals surface area (Å²) in [4.78, 5) is 11.4. The molecule has 0 radical (unpaired) electrons. The Balaban J connectivity index is 2.31. The van der Waals surface area contributed by atoms with E-state index in [1.54, 1.807) is 6.92 Å². The van der Waals surface area contributed by atoms with Crippen LogP contribution < -0.4 is 0 Å². The van der Waals surface area contributed by atoms with Crippen LogP contribution in [0.2, 0.25) is 0 Å². The van der Waals surface area contributed by atoms with Gasteiger partial charge in [0.25, 0.3) is 0 Å². The predicted molar refractivity (Wildman–Crippen MR) is 62.9 cm³/mol. The number of esters is 1. The van der Waals surface area contributed by atoms with Crippen LogP contribution in [0, 0.1) is 0 Å². The minimum Gasteiger partial charge on any atom is -0.461 e. The van der Waals surface area contributed by atoms with Crippen LogP contribution in [0.3, 0.4) is 0 Å². The zero-order valence-electron chi connectivity index (χ0n) is 10.4. The van der Waals surface area contributed by atoms with Crippen molar-refractivity contribution in [3.63, 3.8) is 0 Å². The molecule has 0 amide bonds. The monoisotopic (exact) mass is 285 g/mol. The second-order valence-electron chi connectivity index (χ2n) is 3.88. The first-order valence-electron chi connectivity index (χ1n) is 5.73. The van der Waals surface area contributed by atoms with E-state index in [0.29, 0.717) is 0 Å². The first-order valence-corrected chi connectivity index (χ1v) is 5.73. The molecule has 0 unspecified atom stereocenters. The topological polar surface area (TPSA) is 52.3 Å². The lowest BCUT2D eigenvalue weighted by molar-refractivity contribution is -0.137. The van der Waals surface area contributed by atoms with Gasteiger partial charge in [-0.15, -0.1) is 0 Å². The Hall–Kier alpha value is -2.31. The van der Waals surface area contributed by atoms with Crippen LogP contribution >= 0.6 is 0 Å². The Kier molecular flexibility index (Phi) is 3.78. The van der Waals surface area contributed by atoms with Gasteiger partial charge in [0, 0.05) is 11.6 Å². The number of ether oxygens (including phenoxy) is 1. The molecule has 0 aliphatic rings. The number of alkyl halides is 3. The van der Waals surface area contributed by atoms with Gasteiger partial charge >= 0.3 is 12.1 Å². The highest BCUT2D eigenvalue weighted by Gasteiger charge is 2.30. The molecule has 20 heavy (non-hydrogen) atoms. The molecule has 0 saturated carbocycles. The standard InChI is InChI=1S/C13H10F3NO3/c1-2-19-12(18)10-7-11(20-17-10)8-4-3-5-9(6-8)13(14,15)16/h3-7H,2H2,1H3. The minimum absolute atomic E-state index is 0.0687. The van der Waals surface area contributed by atoms with Gasteiger partial charge in [-0.1, -0.05) is 17.3 Å². The Bertz CT molecular complexity index is 619. The molecule has 0 aliphatic carbocycles. The summed E-state index contributed by atoms with van der Waals surface area (Å²) in [5.41, 5.74) is -0.703. The lowest BCUT2D eigenvalue weighted by atomic mass is 10.1. The van der Waals surface area contributed by atoms with Crippen molar-refractivity contribution in [2.24, 2.45) is 0 Å². The molecule has 0 saturated heterocycles. The second-order valence-corrected chi connectivity index (χ2v) is 3.88. The van der Waals surface area contributed by atoms with Crippen LogP contribution in [-0.2, 0) is 10.9 Å². The molecular weight excluding hydrogens is 275 g/mol. The van der Waals surface area contributed by atoms with Crippen molar-refractivity contribution in [3.8, 4) is 11.3 Å². The van der Waals surface area contributed by atoms with E-state index in [-0.39, 0.29) is 23.6 Å². The first kappa shape index (κ1) is 14.1. The Morgan fingerprint density at radius 1 is 1.35 bits per heavy atom. The lowest BCUT2D eigenvalue weighted by Gasteiger charge is -2.06. The summed E-state index contributed by atoms with van der Waals surface area (Å²) in [5, 5.41) is 3.47. The Morgan fingerprint density at radius 2 is 2.10 bits per heavy atom. The third kappa shape index (κ3) is 2.98. The van der Waals surface area contributed by atoms with Gasteiger partial charge in [-0.3, -0.25) is 0 Å². The van der Waals surface area contributed by atoms with E-state index in [4.69, 9.17) is 9.26 Å². The number of hydrogen-bond donors (Lipinski definition) is 0. The highest BCUT2D eigenvalue weighted by atomic mass is 19.4. The van der Waals surface area contributed by atoms with Gasteiger partial charge in [-0.25, -0.2) is 4.79 Å². The van der Waals surface area contributed by atoms with Gasteiger partial charge in [-0.05, 0) is 19.1 Å². The maximum Gasteiger partial charge on any atom is 0.416 e. The number of benzene rings is 1. The van der Waals surface area contributed by atoms with E-state index < -0.39 is 17.7 Å². The predicted octanol–water partition coefficient (Wildman–Crippen LogP) is 3.54. The number of rotatable bonds is 3. The van der Waals surface area contributed by atoms with Crippen LogP contribution in [0.25, 0.3) is 11.3 Å². The van der Waals surface area contributed by atoms with E-state index in [1.165, 1.54) is 18.2 Å². The highest BCUT2D eigenvalue weighted by molar-refractivity contribution is 5.88. The number of carbonyl (C=O) groups excluding carboxylic acids is 1. The summed E-state index contributed by atoms with van der Waals surface area (Å²) in [6.45, 7) is 1.80. The van der Waals surface area contributed by atoms with Crippen molar-refractivity contribution in [2.45, 2.75) is 13.1 Å². The largest absolute Gasteiger partial charge is 0.461 e. The van der Waals surface area contributed by atoms with Crippen LogP contribution in [-0.4, -0.2) is 17.7 Å². The fourth-order valence-corrected chi connectivity index (χ4v) is 1.56. The molecule has 0 aliphatic heterocycles. The van der Waals surface area contributed by atoms with Crippen molar-refractivity contribution in [2.75, 3.05) is 6.61 Å². The highest BCUT2D eigenvalue weighted by Crippen LogP contribution is 2.32. The van der Waals surface area contributed by atoms with Crippen molar-refractivity contribution in [3.05, 3.63) is 41.6 Å². The van der Waals surface area contributed by atoms with Crippen molar-refractivity contribution in [1.29, 1.82) is 0 Å². The van der Waals surface area contributed by atoms with Crippen molar-refractivity contribution >= 4 is 5.97 Å². The molecule has 0 bridgehead atoms. The fourth-order valence-electron chi connectivity index (χ4n) is 1.56. The second kappa shape index (κ2) is 5.36. The molecular formula is C13H10F3NO3. The molecule has 1 aromatic carbocycles. The molecule has 0 spiro atoms. The number of nitrogens with zero attached hydrogens (tertiary/aromatic N) is 1. The normalized spacial score (nSPS) is 11.4. The number of aromatic nitrogens is 1. The fraction of sp³-hybridized carbons (Fsp3) is 0.231.